The molecule has 23 heavy (non-hydrogen) atoms. The molecule has 0 bridgehead atoms. The third kappa shape index (κ3) is 3.63. The van der Waals surface area contributed by atoms with Crippen molar-refractivity contribution in [3.63, 3.8) is 0 Å². The first-order chi connectivity index (χ1) is 10.9. The van der Waals surface area contributed by atoms with Crippen molar-refractivity contribution in [2.75, 3.05) is 17.7 Å². The van der Waals surface area contributed by atoms with Gasteiger partial charge in [0.1, 0.15) is 12.4 Å². The zero-order valence-electron chi connectivity index (χ0n) is 12.4. The Morgan fingerprint density at radius 2 is 2.22 bits per heavy atom. The summed E-state index contributed by atoms with van der Waals surface area (Å²) in [5, 5.41) is 2.37. The van der Waals surface area contributed by atoms with E-state index in [1.54, 1.807) is 0 Å². The molecule has 0 aliphatic carbocycles. The summed E-state index contributed by atoms with van der Waals surface area (Å²) in [5.74, 6) is -2.48. The summed E-state index contributed by atoms with van der Waals surface area (Å²) in [4.78, 5) is 15.6. The Balaban J connectivity index is 2.27. The molecule has 0 spiro atoms. The van der Waals surface area contributed by atoms with Crippen molar-refractivity contribution >= 4 is 17.4 Å². The number of pyridine rings is 1. The summed E-state index contributed by atoms with van der Waals surface area (Å²) in [5.41, 5.74) is 5.57. The van der Waals surface area contributed by atoms with Gasteiger partial charge in [-0.1, -0.05) is 18.7 Å². The van der Waals surface area contributed by atoms with Gasteiger partial charge < -0.3 is 15.8 Å². The fraction of sp³-hybridized carbons (Fsp3) is 0.125. The average Bonchev–Trinajstić information content (AvgIpc) is 2.51. The molecule has 0 aliphatic rings. The summed E-state index contributed by atoms with van der Waals surface area (Å²) in [7, 11) is 0. The first kappa shape index (κ1) is 16.4. The quantitative estimate of drug-likeness (QED) is 0.656. The lowest BCUT2D eigenvalue weighted by molar-refractivity contribution is 0.102. The van der Waals surface area contributed by atoms with Crippen LogP contribution in [0.25, 0.3) is 0 Å². The molecule has 120 valence electrons. The average molecular weight is 319 g/mol. The van der Waals surface area contributed by atoms with Crippen LogP contribution in [-0.2, 0) is 0 Å². The van der Waals surface area contributed by atoms with E-state index in [4.69, 9.17) is 10.5 Å². The zero-order chi connectivity index (χ0) is 17.0. The molecule has 0 unspecified atom stereocenters. The largest absolute Gasteiger partial charge is 0.486 e. The van der Waals surface area contributed by atoms with Crippen molar-refractivity contribution < 1.29 is 18.3 Å². The van der Waals surface area contributed by atoms with Crippen LogP contribution in [0.15, 0.2) is 36.9 Å². The van der Waals surface area contributed by atoms with Crippen LogP contribution in [0.4, 0.5) is 20.3 Å². The molecule has 1 amide bonds. The van der Waals surface area contributed by atoms with Crippen molar-refractivity contribution in [2.45, 2.75) is 6.92 Å². The van der Waals surface area contributed by atoms with Gasteiger partial charge in [0.2, 0.25) is 5.95 Å². The van der Waals surface area contributed by atoms with Crippen LogP contribution in [0.5, 0.6) is 5.75 Å². The minimum absolute atomic E-state index is 0.0240. The Kier molecular flexibility index (Phi) is 4.90. The number of carbonyl (C=O) groups is 1. The Hall–Kier alpha value is -2.96. The Labute approximate surface area is 131 Å². The van der Waals surface area contributed by atoms with E-state index in [1.807, 2.05) is 0 Å². The van der Waals surface area contributed by atoms with Crippen molar-refractivity contribution in [1.82, 2.24) is 4.98 Å². The molecule has 5 nitrogen and oxygen atoms in total. The molecule has 2 aromatic rings. The van der Waals surface area contributed by atoms with Crippen LogP contribution in [0, 0.1) is 18.7 Å². The molecule has 0 fully saturated rings. The number of nitrogens with one attached hydrogen (secondary N) is 1. The van der Waals surface area contributed by atoms with Gasteiger partial charge in [-0.25, -0.2) is 9.37 Å². The lowest BCUT2D eigenvalue weighted by Crippen LogP contribution is -2.17. The predicted octanol–water partition coefficient (Wildman–Crippen LogP) is 3.07. The van der Waals surface area contributed by atoms with E-state index in [0.29, 0.717) is 0 Å². The lowest BCUT2D eigenvalue weighted by Gasteiger charge is -2.11. The highest BCUT2D eigenvalue weighted by atomic mass is 19.1. The van der Waals surface area contributed by atoms with E-state index in [0.717, 1.165) is 0 Å². The van der Waals surface area contributed by atoms with Gasteiger partial charge in [-0.05, 0) is 25.1 Å². The number of carbonyl (C=O) groups excluding carboxylic acids is 1. The summed E-state index contributed by atoms with van der Waals surface area (Å²) in [6, 6.07) is 5.57. The van der Waals surface area contributed by atoms with Crippen LogP contribution in [0.3, 0.4) is 0 Å². The number of anilines is 2. The van der Waals surface area contributed by atoms with Gasteiger partial charge >= 0.3 is 0 Å². The van der Waals surface area contributed by atoms with E-state index in [1.165, 1.54) is 37.3 Å². The van der Waals surface area contributed by atoms with Crippen LogP contribution >= 0.6 is 0 Å². The number of benzene rings is 1. The lowest BCUT2D eigenvalue weighted by atomic mass is 10.1. The van der Waals surface area contributed by atoms with Crippen molar-refractivity contribution in [3.8, 4) is 5.75 Å². The second kappa shape index (κ2) is 6.87. The molecule has 2 rings (SSSR count). The number of aromatic nitrogens is 1. The highest BCUT2D eigenvalue weighted by molar-refractivity contribution is 6.07. The smallest absolute Gasteiger partial charge is 0.259 e. The minimum atomic E-state index is -0.759. The standard InChI is InChI=1S/C16H15F2N3O2/c1-3-7-23-12-6-4-5-11(13(12)17)20-16(22)10-8-9(2)14(18)21-15(10)19/h3-6,8H,1,7H2,2H3,(H2,19,21)(H,20,22). The van der Waals surface area contributed by atoms with Gasteiger partial charge in [0, 0.05) is 5.56 Å². The van der Waals surface area contributed by atoms with E-state index in [9.17, 15) is 13.6 Å². The predicted molar refractivity (Wildman–Crippen MR) is 83.4 cm³/mol. The molecule has 3 N–H and O–H groups in total. The van der Waals surface area contributed by atoms with Crippen molar-refractivity contribution in [2.24, 2.45) is 0 Å². The summed E-state index contributed by atoms with van der Waals surface area (Å²) in [6.07, 6.45) is 1.47. The fourth-order valence-corrected chi connectivity index (χ4v) is 1.84. The summed E-state index contributed by atoms with van der Waals surface area (Å²) < 4.78 is 32.7. The fourth-order valence-electron chi connectivity index (χ4n) is 1.84. The number of nitrogen functional groups attached to an aromatic ring is 1. The van der Waals surface area contributed by atoms with E-state index < -0.39 is 17.7 Å². The van der Waals surface area contributed by atoms with Gasteiger partial charge in [0.05, 0.1) is 11.3 Å². The van der Waals surface area contributed by atoms with Crippen LogP contribution in [-0.4, -0.2) is 17.5 Å². The molecule has 0 saturated carbocycles. The number of aryl methyl sites for hydroxylation is 1. The molecular weight excluding hydrogens is 304 g/mol. The SMILES string of the molecule is C=CCOc1cccc(NC(=O)c2cc(C)c(F)nc2N)c1F. The highest BCUT2D eigenvalue weighted by Gasteiger charge is 2.17. The van der Waals surface area contributed by atoms with E-state index >= 15 is 0 Å². The molecule has 0 aliphatic heterocycles. The molecule has 0 atom stereocenters. The van der Waals surface area contributed by atoms with Gasteiger partial charge in [0.25, 0.3) is 5.91 Å². The van der Waals surface area contributed by atoms with Crippen molar-refractivity contribution in [1.29, 1.82) is 0 Å². The number of halogens is 2. The molecule has 1 aromatic heterocycles. The number of nitrogens with zero attached hydrogens (tertiary/aromatic N) is 1. The van der Waals surface area contributed by atoms with E-state index in [-0.39, 0.29) is 35.0 Å². The summed E-state index contributed by atoms with van der Waals surface area (Å²) >= 11 is 0. The first-order valence-electron chi connectivity index (χ1n) is 6.70. The number of hydrogen-bond donors (Lipinski definition) is 2. The maximum atomic E-state index is 14.2. The summed E-state index contributed by atoms with van der Waals surface area (Å²) in [6.45, 7) is 5.05. The molecule has 7 heteroatoms. The second-order valence-electron chi connectivity index (χ2n) is 4.70. The second-order valence-corrected chi connectivity index (χ2v) is 4.70. The topological polar surface area (TPSA) is 77.2 Å². The van der Waals surface area contributed by atoms with Gasteiger partial charge in [0.15, 0.2) is 11.6 Å². The number of nitrogens with two attached hydrogens (primary N) is 1. The third-order valence-corrected chi connectivity index (χ3v) is 2.99. The molecule has 1 heterocycles. The first-order valence-corrected chi connectivity index (χ1v) is 6.70. The van der Waals surface area contributed by atoms with Gasteiger partial charge in [-0.3, -0.25) is 4.79 Å². The maximum absolute atomic E-state index is 14.2. The van der Waals surface area contributed by atoms with Crippen LogP contribution in [0.2, 0.25) is 0 Å². The number of amides is 1. The molecular formula is C16H15F2N3O2. The number of hydrogen-bond acceptors (Lipinski definition) is 4. The maximum Gasteiger partial charge on any atom is 0.259 e. The Morgan fingerprint density at radius 3 is 2.91 bits per heavy atom. The molecule has 0 saturated heterocycles. The number of ether oxygens (including phenoxy) is 1. The highest BCUT2D eigenvalue weighted by Crippen LogP contribution is 2.25. The van der Waals surface area contributed by atoms with Crippen LogP contribution in [0.1, 0.15) is 15.9 Å². The Morgan fingerprint density at radius 1 is 1.48 bits per heavy atom. The van der Waals surface area contributed by atoms with E-state index in [2.05, 4.69) is 16.9 Å². The zero-order valence-corrected chi connectivity index (χ0v) is 12.4. The third-order valence-electron chi connectivity index (χ3n) is 2.99. The van der Waals surface area contributed by atoms with Gasteiger partial charge in [-0.2, -0.15) is 4.39 Å². The molecule has 0 radical (unpaired) electrons. The normalized spacial score (nSPS) is 10.2. The number of rotatable bonds is 5. The van der Waals surface area contributed by atoms with Crippen LogP contribution < -0.4 is 15.8 Å². The van der Waals surface area contributed by atoms with Crippen molar-refractivity contribution in [3.05, 3.63) is 59.8 Å². The Bertz CT molecular complexity index is 763. The van der Waals surface area contributed by atoms with Gasteiger partial charge in [-0.15, -0.1) is 0 Å². The molecule has 1 aromatic carbocycles. The monoisotopic (exact) mass is 319 g/mol. The minimum Gasteiger partial charge on any atom is -0.486 e.